The minimum atomic E-state index is -0.510. The van der Waals surface area contributed by atoms with Crippen LogP contribution in [0.1, 0.15) is 37.6 Å². The van der Waals surface area contributed by atoms with Crippen LogP contribution in [0.3, 0.4) is 0 Å². The molecule has 1 aliphatic heterocycles. The Morgan fingerprint density at radius 2 is 2.03 bits per heavy atom. The maximum atomic E-state index is 12.8. The summed E-state index contributed by atoms with van der Waals surface area (Å²) in [5, 5.41) is 2.93. The minimum absolute atomic E-state index is 0.0833. The molecule has 0 saturated heterocycles. The molecule has 160 valence electrons. The molecule has 8 heteroatoms. The topological polar surface area (TPSA) is 104 Å². The van der Waals surface area contributed by atoms with Crippen LogP contribution in [-0.2, 0) is 24.3 Å². The molecular weight excluding hydrogens is 392 g/mol. The SMILES string of the molecule is CC(C)(C)C(=O)Nc1ncccc1CN1CCc2nc(-c3cccnc3)[nH]c(=O)c2C1. The van der Waals surface area contributed by atoms with Gasteiger partial charge in [-0.25, -0.2) is 9.97 Å². The number of carbonyl (C=O) groups excluding carboxylic acids is 1. The average molecular weight is 419 g/mol. The van der Waals surface area contributed by atoms with Crippen LogP contribution < -0.4 is 10.9 Å². The van der Waals surface area contributed by atoms with Crippen LogP contribution in [0.15, 0.2) is 47.7 Å². The zero-order chi connectivity index (χ0) is 22.0. The summed E-state index contributed by atoms with van der Waals surface area (Å²) in [5.41, 5.74) is 2.58. The Bertz CT molecular complexity index is 1150. The quantitative estimate of drug-likeness (QED) is 0.675. The maximum absolute atomic E-state index is 12.8. The summed E-state index contributed by atoms with van der Waals surface area (Å²) in [7, 11) is 0. The second-order valence-corrected chi connectivity index (χ2v) is 8.76. The highest BCUT2D eigenvalue weighted by molar-refractivity contribution is 5.94. The van der Waals surface area contributed by atoms with Gasteiger partial charge in [0, 0.05) is 61.2 Å². The molecule has 0 atom stereocenters. The Labute approximate surface area is 180 Å². The van der Waals surface area contributed by atoms with Crippen molar-refractivity contribution in [1.29, 1.82) is 0 Å². The molecule has 4 rings (SSSR count). The van der Waals surface area contributed by atoms with Crippen molar-refractivity contribution in [3.8, 4) is 11.4 Å². The number of hydrogen-bond donors (Lipinski definition) is 2. The summed E-state index contributed by atoms with van der Waals surface area (Å²) in [4.78, 5) is 43.4. The molecule has 1 aliphatic rings. The van der Waals surface area contributed by atoms with E-state index in [1.165, 1.54) is 0 Å². The van der Waals surface area contributed by atoms with Crippen molar-refractivity contribution >= 4 is 11.7 Å². The minimum Gasteiger partial charge on any atom is -0.310 e. The van der Waals surface area contributed by atoms with E-state index in [1.54, 1.807) is 18.6 Å². The smallest absolute Gasteiger partial charge is 0.255 e. The van der Waals surface area contributed by atoms with Gasteiger partial charge in [0.25, 0.3) is 5.56 Å². The van der Waals surface area contributed by atoms with Gasteiger partial charge in [-0.05, 0) is 18.2 Å². The van der Waals surface area contributed by atoms with Gasteiger partial charge in [0.2, 0.25) is 5.91 Å². The molecule has 4 heterocycles. The van der Waals surface area contributed by atoms with Gasteiger partial charge in [0.1, 0.15) is 11.6 Å². The van der Waals surface area contributed by atoms with Gasteiger partial charge in [-0.15, -0.1) is 0 Å². The zero-order valence-electron chi connectivity index (χ0n) is 18.0. The van der Waals surface area contributed by atoms with Gasteiger partial charge < -0.3 is 10.3 Å². The summed E-state index contributed by atoms with van der Waals surface area (Å²) >= 11 is 0. The number of nitrogens with zero attached hydrogens (tertiary/aromatic N) is 4. The Balaban J connectivity index is 1.53. The largest absolute Gasteiger partial charge is 0.310 e. The highest BCUT2D eigenvalue weighted by Crippen LogP contribution is 2.23. The van der Waals surface area contributed by atoms with E-state index in [1.807, 2.05) is 45.0 Å². The predicted molar refractivity (Wildman–Crippen MR) is 118 cm³/mol. The molecule has 0 bridgehead atoms. The molecule has 0 aromatic carbocycles. The molecule has 3 aromatic rings. The van der Waals surface area contributed by atoms with Crippen LogP contribution in [0.5, 0.6) is 0 Å². The van der Waals surface area contributed by atoms with Crippen LogP contribution in [0.2, 0.25) is 0 Å². The Kier molecular flexibility index (Phi) is 5.65. The van der Waals surface area contributed by atoms with Crippen LogP contribution in [0.25, 0.3) is 11.4 Å². The zero-order valence-corrected chi connectivity index (χ0v) is 18.0. The Hall–Kier alpha value is -3.39. The molecule has 0 unspecified atom stereocenters. The van der Waals surface area contributed by atoms with Gasteiger partial charge in [0.05, 0.1) is 11.3 Å². The first-order chi connectivity index (χ1) is 14.8. The number of pyridine rings is 2. The van der Waals surface area contributed by atoms with Crippen LogP contribution >= 0.6 is 0 Å². The number of anilines is 1. The number of aromatic nitrogens is 4. The summed E-state index contributed by atoms with van der Waals surface area (Å²) in [6.45, 7) is 7.43. The van der Waals surface area contributed by atoms with Crippen molar-refractivity contribution < 1.29 is 4.79 Å². The monoisotopic (exact) mass is 418 g/mol. The van der Waals surface area contributed by atoms with Crippen molar-refractivity contribution in [2.24, 2.45) is 5.41 Å². The lowest BCUT2D eigenvalue weighted by molar-refractivity contribution is -0.123. The number of rotatable bonds is 4. The van der Waals surface area contributed by atoms with Crippen molar-refractivity contribution in [2.75, 3.05) is 11.9 Å². The van der Waals surface area contributed by atoms with E-state index in [0.717, 1.165) is 23.4 Å². The second kappa shape index (κ2) is 8.39. The molecule has 31 heavy (non-hydrogen) atoms. The highest BCUT2D eigenvalue weighted by atomic mass is 16.2. The fraction of sp³-hybridized carbons (Fsp3) is 0.348. The number of aromatic amines is 1. The number of amides is 1. The third-order valence-electron chi connectivity index (χ3n) is 5.28. The van der Waals surface area contributed by atoms with Gasteiger partial charge in [-0.3, -0.25) is 19.5 Å². The van der Waals surface area contributed by atoms with E-state index >= 15 is 0 Å². The third kappa shape index (κ3) is 4.69. The first-order valence-electron chi connectivity index (χ1n) is 10.3. The summed E-state index contributed by atoms with van der Waals surface area (Å²) in [5.74, 6) is 1.02. The van der Waals surface area contributed by atoms with Gasteiger partial charge in [0.15, 0.2) is 0 Å². The summed E-state index contributed by atoms with van der Waals surface area (Å²) in [6.07, 6.45) is 5.72. The molecule has 8 nitrogen and oxygen atoms in total. The van der Waals surface area contributed by atoms with Gasteiger partial charge in [-0.2, -0.15) is 0 Å². The highest BCUT2D eigenvalue weighted by Gasteiger charge is 2.25. The molecule has 0 fully saturated rings. The summed E-state index contributed by atoms with van der Waals surface area (Å²) in [6, 6.07) is 7.51. The molecule has 3 aromatic heterocycles. The van der Waals surface area contributed by atoms with Gasteiger partial charge in [-0.1, -0.05) is 26.8 Å². The first-order valence-corrected chi connectivity index (χ1v) is 10.3. The fourth-order valence-corrected chi connectivity index (χ4v) is 3.47. The Morgan fingerprint density at radius 1 is 1.23 bits per heavy atom. The molecule has 1 amide bonds. The van der Waals surface area contributed by atoms with Crippen molar-refractivity contribution in [3.63, 3.8) is 0 Å². The van der Waals surface area contributed by atoms with Crippen LogP contribution in [-0.4, -0.2) is 37.3 Å². The van der Waals surface area contributed by atoms with E-state index in [-0.39, 0.29) is 11.5 Å². The van der Waals surface area contributed by atoms with Crippen molar-refractivity contribution in [3.05, 3.63) is 70.0 Å². The molecule has 0 radical (unpaired) electrons. The number of nitrogens with one attached hydrogen (secondary N) is 2. The predicted octanol–water partition coefficient (Wildman–Crippen LogP) is 2.77. The lowest BCUT2D eigenvalue weighted by atomic mass is 9.95. The Morgan fingerprint density at radius 3 is 2.77 bits per heavy atom. The maximum Gasteiger partial charge on any atom is 0.255 e. The average Bonchev–Trinajstić information content (AvgIpc) is 2.75. The van der Waals surface area contributed by atoms with E-state index in [0.29, 0.717) is 36.7 Å². The van der Waals surface area contributed by atoms with Crippen molar-refractivity contribution in [2.45, 2.75) is 40.3 Å². The van der Waals surface area contributed by atoms with Gasteiger partial charge >= 0.3 is 0 Å². The van der Waals surface area contributed by atoms with Crippen molar-refractivity contribution in [1.82, 2.24) is 24.8 Å². The number of H-pyrrole nitrogens is 1. The van der Waals surface area contributed by atoms with E-state index in [2.05, 4.69) is 30.2 Å². The molecule has 0 aliphatic carbocycles. The number of fused-ring (bicyclic) bond motifs is 1. The third-order valence-corrected chi connectivity index (χ3v) is 5.28. The second-order valence-electron chi connectivity index (χ2n) is 8.76. The van der Waals surface area contributed by atoms with E-state index in [4.69, 9.17) is 0 Å². The molecule has 0 spiro atoms. The fourth-order valence-electron chi connectivity index (χ4n) is 3.47. The molecule has 0 saturated carbocycles. The molecular formula is C23H26N6O2. The molecule has 2 N–H and O–H groups in total. The van der Waals surface area contributed by atoms with Crippen LogP contribution in [0, 0.1) is 5.41 Å². The van der Waals surface area contributed by atoms with E-state index < -0.39 is 5.41 Å². The first kappa shape index (κ1) is 20.9. The number of hydrogen-bond acceptors (Lipinski definition) is 6. The van der Waals surface area contributed by atoms with Crippen LogP contribution in [0.4, 0.5) is 5.82 Å². The normalized spacial score (nSPS) is 14.2. The lowest BCUT2D eigenvalue weighted by Gasteiger charge is -2.28. The summed E-state index contributed by atoms with van der Waals surface area (Å²) < 4.78 is 0. The lowest BCUT2D eigenvalue weighted by Crippen LogP contribution is -2.36. The van der Waals surface area contributed by atoms with E-state index in [9.17, 15) is 9.59 Å². The standard InChI is InChI=1S/C23H26N6O2/c1-23(2,3)22(31)28-19-16(7-5-10-25-19)13-29-11-8-18-17(14-29)21(30)27-20(26-18)15-6-4-9-24-12-15/h4-7,9-10,12H,8,11,13-14H2,1-3H3,(H,25,28,31)(H,26,27,30). The number of carbonyl (C=O) groups is 1.